The molecule has 102 valence electrons. The first-order chi connectivity index (χ1) is 8.49. The summed E-state index contributed by atoms with van der Waals surface area (Å²) in [6, 6.07) is 6.75. The fourth-order valence-electron chi connectivity index (χ4n) is 2.72. The summed E-state index contributed by atoms with van der Waals surface area (Å²) >= 11 is 0. The Labute approximate surface area is 112 Å². The molecule has 0 aliphatic heterocycles. The van der Waals surface area contributed by atoms with Crippen LogP contribution in [0.1, 0.15) is 44.4 Å². The van der Waals surface area contributed by atoms with Gasteiger partial charge in [0.2, 0.25) is 0 Å². The summed E-state index contributed by atoms with van der Waals surface area (Å²) in [4.78, 5) is 0. The zero-order valence-corrected chi connectivity index (χ0v) is 12.6. The highest BCUT2D eigenvalue weighted by molar-refractivity contribution is 5.39. The summed E-state index contributed by atoms with van der Waals surface area (Å²) in [6.07, 6.45) is 1.21. The largest absolute Gasteiger partial charge is 0.496 e. The highest BCUT2D eigenvalue weighted by Gasteiger charge is 2.21. The summed E-state index contributed by atoms with van der Waals surface area (Å²) in [5.41, 5.74) is 2.55. The highest BCUT2D eigenvalue weighted by atomic mass is 16.5. The number of nitrogens with one attached hydrogen (secondary N) is 1. The summed E-state index contributed by atoms with van der Waals surface area (Å²) in [5.74, 6) is 2.29. The van der Waals surface area contributed by atoms with Crippen molar-refractivity contribution >= 4 is 0 Å². The van der Waals surface area contributed by atoms with Gasteiger partial charge in [-0.1, -0.05) is 38.5 Å². The Morgan fingerprint density at radius 1 is 1.22 bits per heavy atom. The van der Waals surface area contributed by atoms with Gasteiger partial charge >= 0.3 is 0 Å². The van der Waals surface area contributed by atoms with Gasteiger partial charge in [-0.3, -0.25) is 0 Å². The lowest BCUT2D eigenvalue weighted by Crippen LogP contribution is -2.25. The molecule has 2 heteroatoms. The molecule has 18 heavy (non-hydrogen) atoms. The number of ether oxygens (including phenoxy) is 1. The van der Waals surface area contributed by atoms with Crippen LogP contribution < -0.4 is 10.1 Å². The molecule has 0 aliphatic rings. The Morgan fingerprint density at radius 3 is 2.39 bits per heavy atom. The molecule has 0 fully saturated rings. The maximum atomic E-state index is 5.50. The van der Waals surface area contributed by atoms with Gasteiger partial charge in [-0.25, -0.2) is 0 Å². The molecule has 0 aliphatic carbocycles. The Kier molecular flexibility index (Phi) is 5.67. The smallest absolute Gasteiger partial charge is 0.123 e. The van der Waals surface area contributed by atoms with Crippen molar-refractivity contribution in [3.8, 4) is 5.75 Å². The van der Waals surface area contributed by atoms with E-state index in [1.54, 1.807) is 7.11 Å². The number of hydrogen-bond acceptors (Lipinski definition) is 2. The van der Waals surface area contributed by atoms with Crippen molar-refractivity contribution in [2.75, 3.05) is 14.2 Å². The van der Waals surface area contributed by atoms with Crippen LogP contribution in [0, 0.1) is 18.8 Å². The molecule has 0 bridgehead atoms. The zero-order valence-electron chi connectivity index (χ0n) is 12.6. The lowest BCUT2D eigenvalue weighted by Gasteiger charge is -2.27. The maximum Gasteiger partial charge on any atom is 0.123 e. The molecule has 0 saturated carbocycles. The Hall–Kier alpha value is -1.02. The minimum Gasteiger partial charge on any atom is -0.496 e. The van der Waals surface area contributed by atoms with E-state index in [2.05, 4.69) is 51.2 Å². The average Bonchev–Trinajstić information content (AvgIpc) is 2.29. The van der Waals surface area contributed by atoms with Crippen molar-refractivity contribution in [3.63, 3.8) is 0 Å². The topological polar surface area (TPSA) is 21.3 Å². The molecule has 1 aromatic rings. The van der Waals surface area contributed by atoms with Gasteiger partial charge in [-0.05, 0) is 38.3 Å². The van der Waals surface area contributed by atoms with Gasteiger partial charge in [0.15, 0.2) is 0 Å². The SMILES string of the molecule is CNC(c1cc(C)ccc1OC)C(C)CC(C)C. The molecule has 1 N–H and O–H groups in total. The Morgan fingerprint density at radius 2 is 1.89 bits per heavy atom. The van der Waals surface area contributed by atoms with Crippen LogP contribution in [0.3, 0.4) is 0 Å². The molecule has 0 saturated heterocycles. The predicted molar refractivity (Wildman–Crippen MR) is 78.2 cm³/mol. The second-order valence-corrected chi connectivity index (χ2v) is 5.62. The van der Waals surface area contributed by atoms with Gasteiger partial charge in [0.1, 0.15) is 5.75 Å². The van der Waals surface area contributed by atoms with Crippen LogP contribution in [0.2, 0.25) is 0 Å². The van der Waals surface area contributed by atoms with Gasteiger partial charge in [0.25, 0.3) is 0 Å². The van der Waals surface area contributed by atoms with Crippen molar-refractivity contribution in [2.24, 2.45) is 11.8 Å². The van der Waals surface area contributed by atoms with Crippen molar-refractivity contribution < 1.29 is 4.74 Å². The van der Waals surface area contributed by atoms with E-state index in [4.69, 9.17) is 4.74 Å². The van der Waals surface area contributed by atoms with Crippen LogP contribution in [-0.2, 0) is 0 Å². The molecule has 2 unspecified atom stereocenters. The van der Waals surface area contributed by atoms with Gasteiger partial charge in [0, 0.05) is 11.6 Å². The number of methoxy groups -OCH3 is 1. The molecule has 0 heterocycles. The van der Waals surface area contributed by atoms with Gasteiger partial charge in [-0.15, -0.1) is 0 Å². The average molecular weight is 249 g/mol. The van der Waals surface area contributed by atoms with E-state index < -0.39 is 0 Å². The van der Waals surface area contributed by atoms with E-state index >= 15 is 0 Å². The van der Waals surface area contributed by atoms with Crippen LogP contribution in [0.15, 0.2) is 18.2 Å². The van der Waals surface area contributed by atoms with Crippen molar-refractivity contribution in [2.45, 2.75) is 40.2 Å². The van der Waals surface area contributed by atoms with Crippen LogP contribution in [0.25, 0.3) is 0 Å². The highest BCUT2D eigenvalue weighted by Crippen LogP contribution is 2.33. The van der Waals surface area contributed by atoms with Gasteiger partial charge in [0.05, 0.1) is 7.11 Å². The van der Waals surface area contributed by atoms with Crippen LogP contribution in [0.5, 0.6) is 5.75 Å². The third-order valence-electron chi connectivity index (χ3n) is 3.44. The van der Waals surface area contributed by atoms with E-state index in [9.17, 15) is 0 Å². The Balaban J connectivity index is 3.03. The molecule has 2 atom stereocenters. The minimum atomic E-state index is 0.349. The monoisotopic (exact) mass is 249 g/mol. The van der Waals surface area contributed by atoms with E-state index in [1.807, 2.05) is 7.05 Å². The summed E-state index contributed by atoms with van der Waals surface area (Å²) in [6.45, 7) is 8.99. The normalized spacial score (nSPS) is 14.6. The summed E-state index contributed by atoms with van der Waals surface area (Å²) in [5, 5.41) is 3.45. The summed E-state index contributed by atoms with van der Waals surface area (Å²) in [7, 11) is 3.78. The van der Waals surface area contributed by atoms with Crippen molar-refractivity contribution in [1.82, 2.24) is 5.32 Å². The van der Waals surface area contributed by atoms with Gasteiger partial charge < -0.3 is 10.1 Å². The van der Waals surface area contributed by atoms with Crippen LogP contribution in [-0.4, -0.2) is 14.2 Å². The molecule has 0 spiro atoms. The minimum absolute atomic E-state index is 0.349. The molecular formula is C16H27NO. The van der Waals surface area contributed by atoms with Crippen molar-refractivity contribution in [3.05, 3.63) is 29.3 Å². The van der Waals surface area contributed by atoms with E-state index in [0.29, 0.717) is 17.9 Å². The lowest BCUT2D eigenvalue weighted by atomic mass is 9.87. The number of aryl methyl sites for hydroxylation is 1. The number of rotatable bonds is 6. The van der Waals surface area contributed by atoms with Crippen molar-refractivity contribution in [1.29, 1.82) is 0 Å². The fraction of sp³-hybridized carbons (Fsp3) is 0.625. The van der Waals surface area contributed by atoms with Crippen LogP contribution in [0.4, 0.5) is 0 Å². The van der Waals surface area contributed by atoms with Gasteiger partial charge in [-0.2, -0.15) is 0 Å². The molecule has 0 aromatic heterocycles. The summed E-state index contributed by atoms with van der Waals surface area (Å²) < 4.78 is 5.50. The molecule has 1 rings (SSSR count). The van der Waals surface area contributed by atoms with Crippen LogP contribution >= 0.6 is 0 Å². The standard InChI is InChI=1S/C16H27NO/c1-11(2)9-13(4)16(17-5)14-10-12(3)7-8-15(14)18-6/h7-8,10-11,13,16-17H,9H2,1-6H3. The van der Waals surface area contributed by atoms with E-state index in [1.165, 1.54) is 17.5 Å². The quantitative estimate of drug-likeness (QED) is 0.824. The molecule has 2 nitrogen and oxygen atoms in total. The first-order valence-electron chi connectivity index (χ1n) is 6.81. The molecule has 0 amide bonds. The Bertz CT molecular complexity index is 373. The maximum absolute atomic E-state index is 5.50. The fourth-order valence-corrected chi connectivity index (χ4v) is 2.72. The van der Waals surface area contributed by atoms with E-state index in [0.717, 1.165) is 5.75 Å². The number of hydrogen-bond donors (Lipinski definition) is 1. The predicted octanol–water partition coefficient (Wildman–Crippen LogP) is 3.95. The second-order valence-electron chi connectivity index (χ2n) is 5.62. The first-order valence-corrected chi connectivity index (χ1v) is 6.81. The third-order valence-corrected chi connectivity index (χ3v) is 3.44. The molecular weight excluding hydrogens is 222 g/mol. The van der Waals surface area contributed by atoms with E-state index in [-0.39, 0.29) is 0 Å². The molecule has 1 aromatic carbocycles. The third kappa shape index (κ3) is 3.74. The number of benzene rings is 1. The zero-order chi connectivity index (χ0) is 13.7. The lowest BCUT2D eigenvalue weighted by molar-refractivity contribution is 0.329. The second kappa shape index (κ2) is 6.79. The first kappa shape index (κ1) is 15.0. The molecule has 0 radical (unpaired) electrons.